The molecule has 26 heavy (non-hydrogen) atoms. The third kappa shape index (κ3) is 4.85. The standard InChI is InChI=1S/C20H32N2O3S/c1-17(2)18-5-7-19(8-6-18)26(23,24)21-15-20(9-13-25-14-10-20)16-22-11-3-4-12-22/h5-8,17,21H,3-4,9-16H2,1-2H3. The van der Waals surface area contributed by atoms with E-state index in [2.05, 4.69) is 23.5 Å². The van der Waals surface area contributed by atoms with Crippen LogP contribution in [-0.4, -0.2) is 52.7 Å². The first-order chi connectivity index (χ1) is 12.4. The molecule has 0 amide bonds. The molecule has 0 spiro atoms. The maximum Gasteiger partial charge on any atom is 0.240 e. The van der Waals surface area contributed by atoms with Gasteiger partial charge in [-0.05, 0) is 62.4 Å². The Labute approximate surface area is 158 Å². The lowest BCUT2D eigenvalue weighted by molar-refractivity contribution is 0.00157. The Kier molecular flexibility index (Phi) is 6.38. The summed E-state index contributed by atoms with van der Waals surface area (Å²) in [6, 6.07) is 7.25. The minimum Gasteiger partial charge on any atom is -0.381 e. The van der Waals surface area contributed by atoms with Gasteiger partial charge in [0.25, 0.3) is 0 Å². The molecule has 1 aromatic carbocycles. The molecule has 0 atom stereocenters. The Hall–Kier alpha value is -0.950. The molecule has 6 heteroatoms. The summed E-state index contributed by atoms with van der Waals surface area (Å²) >= 11 is 0. The number of sulfonamides is 1. The Balaban J connectivity index is 1.68. The Morgan fingerprint density at radius 1 is 1.12 bits per heavy atom. The van der Waals surface area contributed by atoms with E-state index in [1.807, 2.05) is 12.1 Å². The summed E-state index contributed by atoms with van der Waals surface area (Å²) in [5.74, 6) is 0.394. The molecule has 2 aliphatic rings. The highest BCUT2D eigenvalue weighted by atomic mass is 32.2. The van der Waals surface area contributed by atoms with Crippen LogP contribution in [0.3, 0.4) is 0 Å². The van der Waals surface area contributed by atoms with Gasteiger partial charge < -0.3 is 9.64 Å². The molecule has 3 rings (SSSR count). The van der Waals surface area contributed by atoms with Gasteiger partial charge in [0.15, 0.2) is 0 Å². The fourth-order valence-corrected chi connectivity index (χ4v) is 5.13. The summed E-state index contributed by atoms with van der Waals surface area (Å²) in [5.41, 5.74) is 1.13. The van der Waals surface area contributed by atoms with Crippen molar-refractivity contribution in [1.82, 2.24) is 9.62 Å². The van der Waals surface area contributed by atoms with Crippen molar-refractivity contribution < 1.29 is 13.2 Å². The van der Waals surface area contributed by atoms with Gasteiger partial charge in [-0.1, -0.05) is 26.0 Å². The first-order valence-corrected chi connectivity index (χ1v) is 11.3. The van der Waals surface area contributed by atoms with Crippen LogP contribution in [0.25, 0.3) is 0 Å². The fourth-order valence-electron chi connectivity index (χ4n) is 3.97. The summed E-state index contributed by atoms with van der Waals surface area (Å²) in [6.45, 7) is 9.37. The molecule has 2 fully saturated rings. The second kappa shape index (κ2) is 8.38. The molecule has 0 saturated carbocycles. The van der Waals surface area contributed by atoms with E-state index in [0.29, 0.717) is 17.4 Å². The highest BCUT2D eigenvalue weighted by Crippen LogP contribution is 2.32. The summed E-state index contributed by atoms with van der Waals surface area (Å²) in [6.07, 6.45) is 4.33. The van der Waals surface area contributed by atoms with Crippen molar-refractivity contribution >= 4 is 10.0 Å². The molecule has 146 valence electrons. The highest BCUT2D eigenvalue weighted by Gasteiger charge is 2.36. The third-order valence-electron chi connectivity index (χ3n) is 5.81. The zero-order valence-corrected chi connectivity index (χ0v) is 16.9. The van der Waals surface area contributed by atoms with E-state index in [4.69, 9.17) is 4.74 Å². The maximum atomic E-state index is 12.8. The van der Waals surface area contributed by atoms with Gasteiger partial charge in [0.2, 0.25) is 10.0 Å². The van der Waals surface area contributed by atoms with Crippen molar-refractivity contribution in [3.8, 4) is 0 Å². The van der Waals surface area contributed by atoms with E-state index in [1.165, 1.54) is 12.8 Å². The van der Waals surface area contributed by atoms with Gasteiger partial charge in [-0.3, -0.25) is 0 Å². The Morgan fingerprint density at radius 3 is 2.31 bits per heavy atom. The largest absolute Gasteiger partial charge is 0.381 e. The van der Waals surface area contributed by atoms with Crippen LogP contribution < -0.4 is 4.72 Å². The van der Waals surface area contributed by atoms with Crippen molar-refractivity contribution in [2.75, 3.05) is 39.4 Å². The van der Waals surface area contributed by atoms with Gasteiger partial charge >= 0.3 is 0 Å². The number of likely N-dealkylation sites (tertiary alicyclic amines) is 1. The summed E-state index contributed by atoms with van der Waals surface area (Å²) < 4.78 is 34.0. The third-order valence-corrected chi connectivity index (χ3v) is 7.22. The van der Waals surface area contributed by atoms with Crippen LogP contribution in [0, 0.1) is 5.41 Å². The average Bonchev–Trinajstić information content (AvgIpc) is 3.14. The van der Waals surface area contributed by atoms with E-state index in [0.717, 1.165) is 51.3 Å². The van der Waals surface area contributed by atoms with Crippen molar-refractivity contribution in [3.05, 3.63) is 29.8 Å². The number of hydrogen-bond donors (Lipinski definition) is 1. The molecule has 2 aliphatic heterocycles. The van der Waals surface area contributed by atoms with Crippen LogP contribution in [-0.2, 0) is 14.8 Å². The first-order valence-electron chi connectivity index (χ1n) is 9.80. The molecular formula is C20H32N2O3S. The Bertz CT molecular complexity index is 674. The van der Waals surface area contributed by atoms with Crippen LogP contribution in [0.4, 0.5) is 0 Å². The molecule has 0 aliphatic carbocycles. The fraction of sp³-hybridized carbons (Fsp3) is 0.700. The number of hydrogen-bond acceptors (Lipinski definition) is 4. The highest BCUT2D eigenvalue weighted by molar-refractivity contribution is 7.89. The van der Waals surface area contributed by atoms with Gasteiger partial charge in [-0.25, -0.2) is 13.1 Å². The Morgan fingerprint density at radius 2 is 1.73 bits per heavy atom. The van der Waals surface area contributed by atoms with Crippen molar-refractivity contribution in [2.45, 2.75) is 50.3 Å². The predicted octanol–water partition coefficient (Wildman–Crippen LogP) is 2.98. The molecule has 1 aromatic rings. The zero-order chi connectivity index (χ0) is 18.6. The SMILES string of the molecule is CC(C)c1ccc(S(=O)(=O)NCC2(CN3CCCC3)CCOCC2)cc1. The van der Waals surface area contributed by atoms with Crippen molar-refractivity contribution in [3.63, 3.8) is 0 Å². The molecule has 5 nitrogen and oxygen atoms in total. The van der Waals surface area contributed by atoms with Crippen LogP contribution in [0.5, 0.6) is 0 Å². The molecule has 2 heterocycles. The lowest BCUT2D eigenvalue weighted by Gasteiger charge is -2.40. The van der Waals surface area contributed by atoms with Crippen LogP contribution in [0.15, 0.2) is 29.2 Å². The lowest BCUT2D eigenvalue weighted by atomic mass is 9.80. The molecule has 0 unspecified atom stereocenters. The second-order valence-electron chi connectivity index (χ2n) is 8.14. The summed E-state index contributed by atoms with van der Waals surface area (Å²) in [7, 11) is -3.48. The smallest absolute Gasteiger partial charge is 0.240 e. The maximum absolute atomic E-state index is 12.8. The number of rotatable bonds is 7. The van der Waals surface area contributed by atoms with Gasteiger partial charge in [0.05, 0.1) is 4.90 Å². The van der Waals surface area contributed by atoms with Gasteiger partial charge in [-0.2, -0.15) is 0 Å². The lowest BCUT2D eigenvalue weighted by Crippen LogP contribution is -2.47. The van der Waals surface area contributed by atoms with E-state index in [9.17, 15) is 8.42 Å². The minimum atomic E-state index is -3.48. The molecule has 0 bridgehead atoms. The summed E-state index contributed by atoms with van der Waals surface area (Å²) in [5, 5.41) is 0. The minimum absolute atomic E-state index is 0.0203. The number of nitrogens with zero attached hydrogens (tertiary/aromatic N) is 1. The number of benzene rings is 1. The normalized spacial score (nSPS) is 21.3. The molecule has 1 N–H and O–H groups in total. The summed E-state index contributed by atoms with van der Waals surface area (Å²) in [4.78, 5) is 2.84. The first kappa shape index (κ1) is 19.8. The van der Waals surface area contributed by atoms with E-state index in [1.54, 1.807) is 12.1 Å². The second-order valence-corrected chi connectivity index (χ2v) is 9.91. The van der Waals surface area contributed by atoms with Crippen LogP contribution >= 0.6 is 0 Å². The molecule has 0 radical (unpaired) electrons. The van der Waals surface area contributed by atoms with Crippen LogP contribution in [0.1, 0.15) is 51.0 Å². The van der Waals surface area contributed by atoms with Gasteiger partial charge in [0.1, 0.15) is 0 Å². The quantitative estimate of drug-likeness (QED) is 0.790. The topological polar surface area (TPSA) is 58.6 Å². The van der Waals surface area contributed by atoms with E-state index in [-0.39, 0.29) is 5.41 Å². The number of ether oxygens (including phenoxy) is 1. The average molecular weight is 381 g/mol. The van der Waals surface area contributed by atoms with Crippen molar-refractivity contribution in [1.29, 1.82) is 0 Å². The predicted molar refractivity (Wildman–Crippen MR) is 104 cm³/mol. The van der Waals surface area contributed by atoms with E-state index >= 15 is 0 Å². The van der Waals surface area contributed by atoms with Crippen molar-refractivity contribution in [2.24, 2.45) is 5.41 Å². The monoisotopic (exact) mass is 380 g/mol. The number of nitrogens with one attached hydrogen (secondary N) is 1. The molecular weight excluding hydrogens is 348 g/mol. The zero-order valence-electron chi connectivity index (χ0n) is 16.0. The molecule has 2 saturated heterocycles. The van der Waals surface area contributed by atoms with Crippen LogP contribution in [0.2, 0.25) is 0 Å². The molecule has 0 aromatic heterocycles. The van der Waals surface area contributed by atoms with Gasteiger partial charge in [-0.15, -0.1) is 0 Å². The van der Waals surface area contributed by atoms with Gasteiger partial charge in [0, 0.05) is 31.7 Å². The van der Waals surface area contributed by atoms with E-state index < -0.39 is 10.0 Å².